The van der Waals surface area contributed by atoms with Crippen LogP contribution < -0.4 is 4.74 Å². The lowest BCUT2D eigenvalue weighted by Gasteiger charge is -2.29. The number of carbonyl (C=O) groups is 1. The van der Waals surface area contributed by atoms with Crippen molar-refractivity contribution in [1.29, 1.82) is 0 Å². The number of fused-ring (bicyclic) bond motifs is 3. The van der Waals surface area contributed by atoms with Gasteiger partial charge in [-0.1, -0.05) is 37.1 Å². The number of pyridine rings is 1. The van der Waals surface area contributed by atoms with Crippen LogP contribution in [0.25, 0.3) is 16.6 Å². The molecule has 1 fully saturated rings. The van der Waals surface area contributed by atoms with Crippen LogP contribution in [0.1, 0.15) is 47.2 Å². The Labute approximate surface area is 180 Å². The zero-order valence-corrected chi connectivity index (χ0v) is 17.8. The van der Waals surface area contributed by atoms with Gasteiger partial charge in [0.05, 0.1) is 19.2 Å². The van der Waals surface area contributed by atoms with Gasteiger partial charge in [-0.3, -0.25) is 4.79 Å². The topological polar surface area (TPSA) is 72.6 Å². The molecule has 0 radical (unpaired) electrons. The number of aromatic nitrogens is 4. The fraction of sp³-hybridized carbons (Fsp3) is 0.333. The van der Waals surface area contributed by atoms with E-state index in [2.05, 4.69) is 40.6 Å². The zero-order chi connectivity index (χ0) is 21.4. The fourth-order valence-corrected chi connectivity index (χ4v) is 4.68. The predicted octanol–water partition coefficient (Wildman–Crippen LogP) is 4.18. The molecule has 0 aliphatic heterocycles. The van der Waals surface area contributed by atoms with E-state index in [-0.39, 0.29) is 11.9 Å². The number of ether oxygens (including phenoxy) is 1. The molecule has 2 heterocycles. The summed E-state index contributed by atoms with van der Waals surface area (Å²) in [5.74, 6) is 0.697. The van der Waals surface area contributed by atoms with Crippen LogP contribution in [-0.2, 0) is 6.54 Å². The number of tetrazole rings is 1. The number of benzene rings is 2. The minimum Gasteiger partial charge on any atom is -0.497 e. The van der Waals surface area contributed by atoms with Gasteiger partial charge >= 0.3 is 0 Å². The maximum absolute atomic E-state index is 13.6. The molecule has 2 aromatic heterocycles. The molecule has 2 aromatic carbocycles. The van der Waals surface area contributed by atoms with Crippen LogP contribution >= 0.6 is 0 Å². The molecule has 1 saturated carbocycles. The van der Waals surface area contributed by atoms with Crippen LogP contribution in [0, 0.1) is 6.92 Å². The van der Waals surface area contributed by atoms with Gasteiger partial charge in [0.15, 0.2) is 5.65 Å². The first-order chi connectivity index (χ1) is 15.2. The average molecular weight is 415 g/mol. The van der Waals surface area contributed by atoms with Gasteiger partial charge < -0.3 is 9.64 Å². The van der Waals surface area contributed by atoms with Crippen molar-refractivity contribution in [3.63, 3.8) is 0 Å². The molecule has 0 spiro atoms. The Hall–Kier alpha value is -3.48. The second-order valence-corrected chi connectivity index (χ2v) is 8.20. The summed E-state index contributed by atoms with van der Waals surface area (Å²) in [6.45, 7) is 2.52. The number of rotatable bonds is 5. The molecular weight excluding hydrogens is 390 g/mol. The molecule has 7 heteroatoms. The third-order valence-electron chi connectivity index (χ3n) is 6.25. The van der Waals surface area contributed by atoms with Gasteiger partial charge in [-0.15, -0.1) is 5.10 Å². The average Bonchev–Trinajstić information content (AvgIpc) is 3.49. The van der Waals surface area contributed by atoms with E-state index >= 15 is 0 Å². The number of methoxy groups -OCH3 is 1. The lowest BCUT2D eigenvalue weighted by molar-refractivity contribution is 0.0665. The van der Waals surface area contributed by atoms with Gasteiger partial charge in [-0.25, -0.2) is 0 Å². The molecule has 1 aliphatic rings. The second-order valence-electron chi connectivity index (χ2n) is 8.20. The molecule has 31 heavy (non-hydrogen) atoms. The van der Waals surface area contributed by atoms with E-state index in [0.29, 0.717) is 23.5 Å². The van der Waals surface area contributed by atoms with Crippen LogP contribution in [0.15, 0.2) is 48.5 Å². The second kappa shape index (κ2) is 7.98. The first kappa shape index (κ1) is 19.5. The van der Waals surface area contributed by atoms with E-state index in [1.807, 2.05) is 35.2 Å². The minimum atomic E-state index is 0.0146. The Morgan fingerprint density at radius 3 is 2.77 bits per heavy atom. The summed E-state index contributed by atoms with van der Waals surface area (Å²) in [7, 11) is 1.62. The monoisotopic (exact) mass is 415 g/mol. The first-order valence-electron chi connectivity index (χ1n) is 10.7. The van der Waals surface area contributed by atoms with Gasteiger partial charge in [-0.2, -0.15) is 4.52 Å². The Morgan fingerprint density at radius 1 is 1.16 bits per heavy atom. The highest BCUT2D eigenvalue weighted by molar-refractivity contribution is 5.95. The normalized spacial score (nSPS) is 14.4. The van der Waals surface area contributed by atoms with Gasteiger partial charge in [0.1, 0.15) is 5.75 Å². The van der Waals surface area contributed by atoms with Crippen molar-refractivity contribution >= 4 is 22.5 Å². The molecule has 0 saturated heterocycles. The number of aryl methyl sites for hydroxylation is 1. The molecule has 1 aliphatic carbocycles. The first-order valence-corrected chi connectivity index (χ1v) is 10.7. The van der Waals surface area contributed by atoms with Gasteiger partial charge in [0.25, 0.3) is 5.91 Å². The van der Waals surface area contributed by atoms with E-state index < -0.39 is 0 Å². The maximum Gasteiger partial charge on any atom is 0.254 e. The van der Waals surface area contributed by atoms with Crippen LogP contribution in [0.4, 0.5) is 0 Å². The van der Waals surface area contributed by atoms with E-state index in [1.54, 1.807) is 11.6 Å². The molecule has 0 unspecified atom stereocenters. The summed E-state index contributed by atoms with van der Waals surface area (Å²) in [6.07, 6.45) is 4.32. The third kappa shape index (κ3) is 3.50. The molecule has 5 rings (SSSR count). The summed E-state index contributed by atoms with van der Waals surface area (Å²) in [5, 5.41) is 13.5. The van der Waals surface area contributed by atoms with Crippen molar-refractivity contribution < 1.29 is 9.53 Å². The molecular formula is C24H25N5O2. The van der Waals surface area contributed by atoms with Crippen LogP contribution in [0.3, 0.4) is 0 Å². The Kier molecular flexibility index (Phi) is 5.02. The molecule has 0 atom stereocenters. The highest BCUT2D eigenvalue weighted by Gasteiger charge is 2.29. The number of nitrogens with zero attached hydrogens (tertiary/aromatic N) is 5. The van der Waals surface area contributed by atoms with Crippen LogP contribution in [0.2, 0.25) is 0 Å². The lowest BCUT2D eigenvalue weighted by atomic mass is 10.1. The number of hydrogen-bond donors (Lipinski definition) is 0. The van der Waals surface area contributed by atoms with Crippen molar-refractivity contribution in [2.24, 2.45) is 0 Å². The number of amides is 1. The SMILES string of the molecule is COc1cccc(C(=O)N(Cc2cc3cccc(C)c3n3nnnc23)C2CCCC2)c1. The lowest BCUT2D eigenvalue weighted by Crippen LogP contribution is -2.38. The fourth-order valence-electron chi connectivity index (χ4n) is 4.68. The van der Waals surface area contributed by atoms with Crippen molar-refractivity contribution in [2.75, 3.05) is 7.11 Å². The Morgan fingerprint density at radius 2 is 1.97 bits per heavy atom. The number of para-hydroxylation sites is 1. The maximum atomic E-state index is 13.6. The molecule has 1 amide bonds. The van der Waals surface area contributed by atoms with E-state index in [1.165, 1.54) is 0 Å². The van der Waals surface area contributed by atoms with Crippen molar-refractivity contribution in [3.8, 4) is 5.75 Å². The van der Waals surface area contributed by atoms with Crippen LogP contribution in [-0.4, -0.2) is 44.0 Å². The highest BCUT2D eigenvalue weighted by atomic mass is 16.5. The molecule has 4 aromatic rings. The quantitative estimate of drug-likeness (QED) is 0.489. The predicted molar refractivity (Wildman–Crippen MR) is 118 cm³/mol. The van der Waals surface area contributed by atoms with E-state index in [4.69, 9.17) is 4.74 Å². The van der Waals surface area contributed by atoms with Gasteiger partial charge in [-0.05, 0) is 60.0 Å². The van der Waals surface area contributed by atoms with Crippen molar-refractivity contribution in [3.05, 3.63) is 65.2 Å². The molecule has 158 valence electrons. The summed E-state index contributed by atoms with van der Waals surface area (Å²) in [5.41, 5.74) is 4.40. The third-order valence-corrected chi connectivity index (χ3v) is 6.25. The largest absolute Gasteiger partial charge is 0.497 e. The standard InChI is InChI=1S/C24H25N5O2/c1-16-7-5-8-17-13-19(23-25-26-27-29(23)22(16)17)15-28(20-10-3-4-11-20)24(30)18-9-6-12-21(14-18)31-2/h5-9,12-14,20H,3-4,10-11,15H2,1-2H3. The van der Waals surface area contributed by atoms with Crippen molar-refractivity contribution in [1.82, 2.24) is 24.9 Å². The summed E-state index contributed by atoms with van der Waals surface area (Å²) < 4.78 is 7.13. The summed E-state index contributed by atoms with van der Waals surface area (Å²) in [6, 6.07) is 15.9. The van der Waals surface area contributed by atoms with Gasteiger partial charge in [0.2, 0.25) is 0 Å². The highest BCUT2D eigenvalue weighted by Crippen LogP contribution is 2.29. The zero-order valence-electron chi connectivity index (χ0n) is 17.8. The van der Waals surface area contributed by atoms with E-state index in [9.17, 15) is 4.79 Å². The minimum absolute atomic E-state index is 0.0146. The van der Waals surface area contributed by atoms with E-state index in [0.717, 1.165) is 47.7 Å². The van der Waals surface area contributed by atoms with Crippen molar-refractivity contribution in [2.45, 2.75) is 45.2 Å². The summed E-state index contributed by atoms with van der Waals surface area (Å²) in [4.78, 5) is 15.6. The molecule has 7 nitrogen and oxygen atoms in total. The smallest absolute Gasteiger partial charge is 0.254 e. The Balaban J connectivity index is 1.59. The van der Waals surface area contributed by atoms with Crippen LogP contribution in [0.5, 0.6) is 5.75 Å². The molecule has 0 bridgehead atoms. The number of hydrogen-bond acceptors (Lipinski definition) is 5. The van der Waals surface area contributed by atoms with Gasteiger partial charge in [0, 0.05) is 22.6 Å². The number of carbonyl (C=O) groups excluding carboxylic acids is 1. The Bertz CT molecular complexity index is 1260. The summed E-state index contributed by atoms with van der Waals surface area (Å²) >= 11 is 0. The molecule has 0 N–H and O–H groups in total.